The summed E-state index contributed by atoms with van der Waals surface area (Å²) < 4.78 is 1.87. The summed E-state index contributed by atoms with van der Waals surface area (Å²) in [6.45, 7) is 0. The van der Waals surface area contributed by atoms with Gasteiger partial charge in [-0.05, 0) is 24.4 Å². The highest BCUT2D eigenvalue weighted by Crippen LogP contribution is 2.37. The van der Waals surface area contributed by atoms with Crippen molar-refractivity contribution in [2.75, 3.05) is 0 Å². The molecule has 0 aromatic carbocycles. The van der Waals surface area contributed by atoms with Crippen LogP contribution in [0.5, 0.6) is 0 Å². The molecule has 0 radical (unpaired) electrons. The number of hydrogen-bond acceptors (Lipinski definition) is 3. The van der Waals surface area contributed by atoms with Crippen LogP contribution in [0.1, 0.15) is 18.9 Å². The zero-order valence-corrected chi connectivity index (χ0v) is 8.63. The van der Waals surface area contributed by atoms with Gasteiger partial charge in [0.25, 0.3) is 0 Å². The van der Waals surface area contributed by atoms with Crippen LogP contribution in [0.2, 0.25) is 10.4 Å². The normalized spacial score (nSPS) is 16.4. The summed E-state index contributed by atoms with van der Waals surface area (Å²) in [5, 5.41) is 5.54. The molecule has 3 rings (SSSR count). The van der Waals surface area contributed by atoms with Gasteiger partial charge >= 0.3 is 0 Å². The Balaban J connectivity index is 2.33. The Morgan fingerprint density at radius 2 is 2.07 bits per heavy atom. The Morgan fingerprint density at radius 1 is 1.29 bits per heavy atom. The first-order valence-electron chi connectivity index (χ1n) is 4.32. The Kier molecular flexibility index (Phi) is 1.69. The fourth-order valence-corrected chi connectivity index (χ4v) is 1.87. The van der Waals surface area contributed by atoms with Crippen molar-refractivity contribution in [2.45, 2.75) is 18.9 Å². The Bertz CT molecular complexity index is 503. The van der Waals surface area contributed by atoms with Crippen LogP contribution in [0, 0.1) is 0 Å². The SMILES string of the molecule is Clc1nc(Cl)c2cnn(C3CC3)c2n1. The first kappa shape index (κ1) is 8.44. The van der Waals surface area contributed by atoms with Crippen molar-refractivity contribution in [3.63, 3.8) is 0 Å². The number of rotatable bonds is 1. The van der Waals surface area contributed by atoms with Gasteiger partial charge in [-0.25, -0.2) is 9.67 Å². The third kappa shape index (κ3) is 1.18. The first-order valence-corrected chi connectivity index (χ1v) is 5.07. The lowest BCUT2D eigenvalue weighted by atomic mass is 10.4. The molecule has 0 atom stereocenters. The van der Waals surface area contributed by atoms with Gasteiger partial charge in [0.2, 0.25) is 5.28 Å². The van der Waals surface area contributed by atoms with E-state index in [1.165, 1.54) is 0 Å². The minimum Gasteiger partial charge on any atom is -0.244 e. The van der Waals surface area contributed by atoms with Crippen LogP contribution < -0.4 is 0 Å². The summed E-state index contributed by atoms with van der Waals surface area (Å²) in [4.78, 5) is 7.99. The quantitative estimate of drug-likeness (QED) is 0.557. The van der Waals surface area contributed by atoms with Crippen molar-refractivity contribution in [1.82, 2.24) is 19.7 Å². The van der Waals surface area contributed by atoms with Gasteiger partial charge < -0.3 is 0 Å². The van der Waals surface area contributed by atoms with E-state index in [9.17, 15) is 0 Å². The molecule has 72 valence electrons. The summed E-state index contributed by atoms with van der Waals surface area (Å²) in [5.41, 5.74) is 0.734. The smallest absolute Gasteiger partial charge is 0.225 e. The molecule has 0 N–H and O–H groups in total. The van der Waals surface area contributed by atoms with Crippen molar-refractivity contribution in [1.29, 1.82) is 0 Å². The van der Waals surface area contributed by atoms with E-state index >= 15 is 0 Å². The number of nitrogens with zero attached hydrogens (tertiary/aromatic N) is 4. The largest absolute Gasteiger partial charge is 0.244 e. The topological polar surface area (TPSA) is 43.6 Å². The minimum absolute atomic E-state index is 0.171. The van der Waals surface area contributed by atoms with Crippen molar-refractivity contribution in [3.05, 3.63) is 16.6 Å². The fourth-order valence-electron chi connectivity index (χ4n) is 1.45. The molecule has 0 bridgehead atoms. The van der Waals surface area contributed by atoms with E-state index in [-0.39, 0.29) is 5.28 Å². The van der Waals surface area contributed by atoms with Crippen LogP contribution in [0.25, 0.3) is 11.0 Å². The fraction of sp³-hybridized carbons (Fsp3) is 0.375. The second-order valence-electron chi connectivity index (χ2n) is 3.34. The number of fused-ring (bicyclic) bond motifs is 1. The zero-order valence-electron chi connectivity index (χ0n) is 7.11. The molecule has 0 unspecified atom stereocenters. The average Bonchev–Trinajstić information content (AvgIpc) is 2.87. The molecule has 0 amide bonds. The molecule has 1 saturated carbocycles. The van der Waals surface area contributed by atoms with Crippen LogP contribution >= 0.6 is 23.2 Å². The molecule has 2 aromatic rings. The van der Waals surface area contributed by atoms with Crippen molar-refractivity contribution in [2.24, 2.45) is 0 Å². The van der Waals surface area contributed by atoms with E-state index in [2.05, 4.69) is 15.1 Å². The van der Waals surface area contributed by atoms with Gasteiger partial charge in [-0.2, -0.15) is 10.1 Å². The third-order valence-corrected chi connectivity index (χ3v) is 2.73. The maximum Gasteiger partial charge on any atom is 0.225 e. The van der Waals surface area contributed by atoms with Gasteiger partial charge in [0, 0.05) is 0 Å². The van der Waals surface area contributed by atoms with Gasteiger partial charge in [0.15, 0.2) is 5.65 Å². The molecule has 0 saturated heterocycles. The van der Waals surface area contributed by atoms with Crippen LogP contribution in [0.3, 0.4) is 0 Å². The summed E-state index contributed by atoms with van der Waals surface area (Å²) in [6.07, 6.45) is 3.98. The molecule has 2 aromatic heterocycles. The summed E-state index contributed by atoms with van der Waals surface area (Å²) in [7, 11) is 0. The molecular formula is C8H6Cl2N4. The number of aromatic nitrogens is 4. The van der Waals surface area contributed by atoms with E-state index in [0.29, 0.717) is 11.2 Å². The molecule has 4 nitrogen and oxygen atoms in total. The van der Waals surface area contributed by atoms with E-state index < -0.39 is 0 Å². The van der Waals surface area contributed by atoms with E-state index in [1.54, 1.807) is 6.20 Å². The Morgan fingerprint density at radius 3 is 2.79 bits per heavy atom. The van der Waals surface area contributed by atoms with Crippen molar-refractivity contribution < 1.29 is 0 Å². The monoisotopic (exact) mass is 228 g/mol. The predicted octanol–water partition coefficient (Wildman–Crippen LogP) is 2.47. The molecule has 1 aliphatic rings. The highest BCUT2D eigenvalue weighted by molar-refractivity contribution is 6.35. The molecular weight excluding hydrogens is 223 g/mol. The van der Waals surface area contributed by atoms with Gasteiger partial charge in [-0.3, -0.25) is 0 Å². The van der Waals surface area contributed by atoms with E-state index in [4.69, 9.17) is 23.2 Å². The zero-order chi connectivity index (χ0) is 9.71. The third-order valence-electron chi connectivity index (χ3n) is 2.27. The molecule has 0 spiro atoms. The Labute approximate surface area is 89.9 Å². The summed E-state index contributed by atoms with van der Waals surface area (Å²) in [6, 6.07) is 0.467. The summed E-state index contributed by atoms with van der Waals surface area (Å²) in [5.74, 6) is 0. The lowest BCUT2D eigenvalue weighted by Gasteiger charge is -1.99. The van der Waals surface area contributed by atoms with Crippen LogP contribution in [0.15, 0.2) is 6.20 Å². The Hall–Kier alpha value is -0.870. The second kappa shape index (κ2) is 2.81. The van der Waals surface area contributed by atoms with E-state index in [1.807, 2.05) is 4.68 Å². The summed E-state index contributed by atoms with van der Waals surface area (Å²) >= 11 is 11.6. The lowest BCUT2D eigenvalue weighted by molar-refractivity contribution is 0.658. The van der Waals surface area contributed by atoms with Crippen LogP contribution in [-0.2, 0) is 0 Å². The first-order chi connectivity index (χ1) is 6.75. The highest BCUT2D eigenvalue weighted by atomic mass is 35.5. The van der Waals surface area contributed by atoms with Gasteiger partial charge in [0.1, 0.15) is 5.15 Å². The van der Waals surface area contributed by atoms with Crippen molar-refractivity contribution >= 4 is 34.2 Å². The number of hydrogen-bond donors (Lipinski definition) is 0. The molecule has 6 heteroatoms. The predicted molar refractivity (Wildman–Crippen MR) is 53.6 cm³/mol. The molecule has 0 aliphatic heterocycles. The molecule has 2 heterocycles. The van der Waals surface area contributed by atoms with Crippen LogP contribution in [-0.4, -0.2) is 19.7 Å². The van der Waals surface area contributed by atoms with Crippen LogP contribution in [0.4, 0.5) is 0 Å². The van der Waals surface area contributed by atoms with E-state index in [0.717, 1.165) is 23.9 Å². The average molecular weight is 229 g/mol. The number of halogens is 2. The van der Waals surface area contributed by atoms with Gasteiger partial charge in [-0.15, -0.1) is 0 Å². The van der Waals surface area contributed by atoms with Gasteiger partial charge in [0.05, 0.1) is 17.6 Å². The minimum atomic E-state index is 0.171. The maximum absolute atomic E-state index is 5.91. The molecule has 1 fully saturated rings. The maximum atomic E-state index is 5.91. The second-order valence-corrected chi connectivity index (χ2v) is 4.04. The van der Waals surface area contributed by atoms with Crippen molar-refractivity contribution in [3.8, 4) is 0 Å². The van der Waals surface area contributed by atoms with Gasteiger partial charge in [-0.1, -0.05) is 11.6 Å². The molecule has 14 heavy (non-hydrogen) atoms. The standard InChI is InChI=1S/C8H6Cl2N4/c9-6-5-3-11-14(4-1-2-4)7(5)13-8(10)12-6/h3-4H,1-2H2. The lowest BCUT2D eigenvalue weighted by Crippen LogP contribution is -1.97. The molecule has 1 aliphatic carbocycles. The highest BCUT2D eigenvalue weighted by Gasteiger charge is 2.27.